The summed E-state index contributed by atoms with van der Waals surface area (Å²) in [6.45, 7) is 3.75. The van der Waals surface area contributed by atoms with Gasteiger partial charge in [0.1, 0.15) is 17.5 Å². The first-order chi connectivity index (χ1) is 12.0. The van der Waals surface area contributed by atoms with E-state index >= 15 is 0 Å². The van der Waals surface area contributed by atoms with E-state index in [-0.39, 0.29) is 17.7 Å². The lowest BCUT2D eigenvalue weighted by molar-refractivity contribution is -0.118. The second-order valence-corrected chi connectivity index (χ2v) is 6.68. The molecule has 134 valence electrons. The Labute approximate surface area is 151 Å². The van der Waals surface area contributed by atoms with E-state index in [4.69, 9.17) is 9.47 Å². The molecule has 0 spiro atoms. The predicted octanol–water partition coefficient (Wildman–Crippen LogP) is 3.16. The van der Waals surface area contributed by atoms with Gasteiger partial charge >= 0.3 is 0 Å². The van der Waals surface area contributed by atoms with Gasteiger partial charge in [-0.1, -0.05) is 19.9 Å². The maximum Gasteiger partial charge on any atom is 0.262 e. The van der Waals surface area contributed by atoms with Gasteiger partial charge in [-0.15, -0.1) is 11.3 Å². The molecule has 0 aliphatic heterocycles. The molecule has 2 N–H and O–H groups in total. The summed E-state index contributed by atoms with van der Waals surface area (Å²) < 4.78 is 10.5. The molecule has 0 aliphatic rings. The molecule has 7 heteroatoms. The third kappa shape index (κ3) is 4.73. The van der Waals surface area contributed by atoms with Crippen molar-refractivity contribution in [2.75, 3.05) is 19.5 Å². The van der Waals surface area contributed by atoms with Crippen molar-refractivity contribution in [1.29, 1.82) is 0 Å². The zero-order chi connectivity index (χ0) is 18.4. The lowest BCUT2D eigenvalue weighted by atomic mass is 10.0. The highest BCUT2D eigenvalue weighted by Crippen LogP contribution is 2.29. The lowest BCUT2D eigenvalue weighted by Crippen LogP contribution is -2.47. The van der Waals surface area contributed by atoms with Gasteiger partial charge in [0.05, 0.1) is 24.8 Å². The number of benzene rings is 1. The van der Waals surface area contributed by atoms with Crippen LogP contribution < -0.4 is 20.1 Å². The molecule has 2 rings (SSSR count). The van der Waals surface area contributed by atoms with Crippen LogP contribution in [0.5, 0.6) is 11.5 Å². The van der Waals surface area contributed by atoms with E-state index in [1.807, 2.05) is 19.2 Å². The van der Waals surface area contributed by atoms with Gasteiger partial charge in [0.25, 0.3) is 5.91 Å². The normalized spacial score (nSPS) is 11.7. The average Bonchev–Trinajstić information content (AvgIpc) is 3.13. The van der Waals surface area contributed by atoms with Crippen molar-refractivity contribution in [2.24, 2.45) is 5.92 Å². The Morgan fingerprint density at radius 1 is 1.12 bits per heavy atom. The minimum absolute atomic E-state index is 0.0829. The highest BCUT2D eigenvalue weighted by molar-refractivity contribution is 7.12. The number of hydrogen-bond acceptors (Lipinski definition) is 5. The topological polar surface area (TPSA) is 76.7 Å². The fraction of sp³-hybridized carbons (Fsp3) is 0.333. The van der Waals surface area contributed by atoms with Gasteiger partial charge in [0.15, 0.2) is 0 Å². The number of nitrogens with one attached hydrogen (secondary N) is 2. The van der Waals surface area contributed by atoms with E-state index in [2.05, 4.69) is 10.6 Å². The van der Waals surface area contributed by atoms with E-state index in [0.717, 1.165) is 0 Å². The van der Waals surface area contributed by atoms with Gasteiger partial charge in [-0.25, -0.2) is 0 Å². The Balaban J connectivity index is 2.17. The van der Waals surface area contributed by atoms with E-state index < -0.39 is 6.04 Å². The second kappa shape index (κ2) is 8.53. The minimum Gasteiger partial charge on any atom is -0.497 e. The first kappa shape index (κ1) is 18.8. The second-order valence-electron chi connectivity index (χ2n) is 5.73. The van der Waals surface area contributed by atoms with E-state index in [0.29, 0.717) is 22.1 Å². The molecule has 0 bridgehead atoms. The quantitative estimate of drug-likeness (QED) is 0.793. The summed E-state index contributed by atoms with van der Waals surface area (Å²) in [7, 11) is 3.07. The van der Waals surface area contributed by atoms with Crippen LogP contribution in [0.1, 0.15) is 23.5 Å². The Morgan fingerprint density at radius 2 is 1.88 bits per heavy atom. The molecule has 25 heavy (non-hydrogen) atoms. The fourth-order valence-corrected chi connectivity index (χ4v) is 2.90. The highest BCUT2D eigenvalue weighted by Gasteiger charge is 2.26. The molecule has 1 atom stereocenters. The van der Waals surface area contributed by atoms with Crippen LogP contribution in [0.2, 0.25) is 0 Å². The molecule has 0 saturated carbocycles. The van der Waals surface area contributed by atoms with E-state index in [1.54, 1.807) is 37.4 Å². The Kier molecular flexibility index (Phi) is 6.41. The van der Waals surface area contributed by atoms with Crippen LogP contribution >= 0.6 is 11.3 Å². The largest absolute Gasteiger partial charge is 0.497 e. The highest BCUT2D eigenvalue weighted by atomic mass is 32.1. The molecule has 1 heterocycles. The standard InChI is InChI=1S/C18H22N2O4S/c1-11(2)16(20-17(21)15-6-5-9-25-15)18(22)19-13-10-12(23-3)7-8-14(13)24-4/h5-11,16H,1-4H3,(H,19,22)(H,20,21). The number of ether oxygens (including phenoxy) is 2. The van der Waals surface area contributed by atoms with Crippen molar-refractivity contribution in [3.63, 3.8) is 0 Å². The Morgan fingerprint density at radius 3 is 2.44 bits per heavy atom. The zero-order valence-corrected chi connectivity index (χ0v) is 15.5. The van der Waals surface area contributed by atoms with Crippen molar-refractivity contribution in [1.82, 2.24) is 5.32 Å². The summed E-state index contributed by atoms with van der Waals surface area (Å²) in [5.41, 5.74) is 0.489. The summed E-state index contributed by atoms with van der Waals surface area (Å²) >= 11 is 1.33. The van der Waals surface area contributed by atoms with Crippen molar-refractivity contribution in [3.05, 3.63) is 40.6 Å². The number of methoxy groups -OCH3 is 2. The Hall–Kier alpha value is -2.54. The Bertz CT molecular complexity index is 729. The van der Waals surface area contributed by atoms with Crippen LogP contribution in [0.15, 0.2) is 35.7 Å². The molecule has 2 aromatic rings. The zero-order valence-electron chi connectivity index (χ0n) is 14.7. The molecule has 1 aromatic carbocycles. The van der Waals surface area contributed by atoms with Gasteiger partial charge in [-0.05, 0) is 29.5 Å². The molecule has 0 radical (unpaired) electrons. The first-order valence-electron chi connectivity index (χ1n) is 7.83. The average molecular weight is 362 g/mol. The van der Waals surface area contributed by atoms with Crippen LogP contribution in [0.25, 0.3) is 0 Å². The number of amides is 2. The number of hydrogen-bond donors (Lipinski definition) is 2. The maximum atomic E-state index is 12.7. The number of thiophene rings is 1. The third-order valence-corrected chi connectivity index (χ3v) is 4.51. The van der Waals surface area contributed by atoms with Crippen molar-refractivity contribution in [3.8, 4) is 11.5 Å². The van der Waals surface area contributed by atoms with Crippen LogP contribution in [0.4, 0.5) is 5.69 Å². The number of rotatable bonds is 7. The number of carbonyl (C=O) groups is 2. The van der Waals surface area contributed by atoms with Crippen LogP contribution in [0.3, 0.4) is 0 Å². The van der Waals surface area contributed by atoms with Gasteiger partial charge in [0.2, 0.25) is 5.91 Å². The molecule has 2 amide bonds. The molecule has 1 aromatic heterocycles. The molecular formula is C18H22N2O4S. The molecule has 0 saturated heterocycles. The van der Waals surface area contributed by atoms with Crippen molar-refractivity contribution in [2.45, 2.75) is 19.9 Å². The summed E-state index contributed by atoms with van der Waals surface area (Å²) in [5.74, 6) is 0.453. The van der Waals surface area contributed by atoms with E-state index in [1.165, 1.54) is 18.4 Å². The third-order valence-electron chi connectivity index (χ3n) is 3.65. The SMILES string of the molecule is COc1ccc(OC)c(NC(=O)C(NC(=O)c2cccs2)C(C)C)c1. The van der Waals surface area contributed by atoms with E-state index in [9.17, 15) is 9.59 Å². The first-order valence-corrected chi connectivity index (χ1v) is 8.71. The smallest absolute Gasteiger partial charge is 0.262 e. The van der Waals surface area contributed by atoms with Gasteiger partial charge in [-0.3, -0.25) is 9.59 Å². The summed E-state index contributed by atoms with van der Waals surface area (Å²) in [5, 5.41) is 7.43. The van der Waals surface area contributed by atoms with Crippen molar-refractivity contribution >= 4 is 28.8 Å². The molecule has 0 fully saturated rings. The number of anilines is 1. The predicted molar refractivity (Wildman–Crippen MR) is 98.6 cm³/mol. The van der Waals surface area contributed by atoms with Crippen LogP contribution in [-0.2, 0) is 4.79 Å². The van der Waals surface area contributed by atoms with Crippen LogP contribution in [0, 0.1) is 5.92 Å². The lowest BCUT2D eigenvalue weighted by Gasteiger charge is -2.22. The van der Waals surface area contributed by atoms with Gasteiger partial charge in [-0.2, -0.15) is 0 Å². The summed E-state index contributed by atoms with van der Waals surface area (Å²) in [4.78, 5) is 25.6. The number of carbonyl (C=O) groups excluding carboxylic acids is 2. The summed E-state index contributed by atoms with van der Waals surface area (Å²) in [6.07, 6.45) is 0. The van der Waals surface area contributed by atoms with Crippen molar-refractivity contribution < 1.29 is 19.1 Å². The molecule has 0 aliphatic carbocycles. The molecule has 6 nitrogen and oxygen atoms in total. The van der Waals surface area contributed by atoms with Gasteiger partial charge in [0, 0.05) is 6.07 Å². The van der Waals surface area contributed by atoms with Gasteiger partial charge < -0.3 is 20.1 Å². The maximum absolute atomic E-state index is 12.7. The molecule has 1 unspecified atom stereocenters. The fourth-order valence-electron chi connectivity index (χ4n) is 2.28. The summed E-state index contributed by atoms with van der Waals surface area (Å²) in [6, 6.07) is 7.97. The minimum atomic E-state index is -0.675. The van der Waals surface area contributed by atoms with Crippen LogP contribution in [-0.4, -0.2) is 32.1 Å². The molecular weight excluding hydrogens is 340 g/mol. The monoisotopic (exact) mass is 362 g/mol.